The molecule has 1 aromatic carbocycles. The topological polar surface area (TPSA) is 109 Å². The number of hydrogen-bond acceptors (Lipinski definition) is 8. The zero-order valence-corrected chi connectivity index (χ0v) is 17.4. The number of benzene rings is 1. The Kier molecular flexibility index (Phi) is 4.68. The van der Waals surface area contributed by atoms with E-state index in [2.05, 4.69) is 25.3 Å². The van der Waals surface area contributed by atoms with E-state index >= 15 is 0 Å². The Balaban J connectivity index is 1.58. The smallest absolute Gasteiger partial charge is 0.354 e. The summed E-state index contributed by atoms with van der Waals surface area (Å²) in [5.41, 5.74) is 1.92. The van der Waals surface area contributed by atoms with Crippen LogP contribution < -0.4 is 20.9 Å². The molecule has 1 N–H and O–H groups in total. The van der Waals surface area contributed by atoms with Crippen LogP contribution in [-0.2, 0) is 7.05 Å². The molecule has 1 fully saturated rings. The van der Waals surface area contributed by atoms with Crippen LogP contribution in [0.5, 0.6) is 0 Å². The van der Waals surface area contributed by atoms with Gasteiger partial charge in [-0.15, -0.1) is 0 Å². The van der Waals surface area contributed by atoms with Crippen molar-refractivity contribution in [1.82, 2.24) is 19.7 Å². The SMILES string of the molecule is CCNc1ncc2c(n1)N1CCC[C@H]1CN(c1cccc(-c3noc(=O)n3C)c1)C2=O. The van der Waals surface area contributed by atoms with Crippen molar-refractivity contribution in [3.63, 3.8) is 0 Å². The molecule has 0 spiro atoms. The number of hydrogen-bond donors (Lipinski definition) is 1. The molecule has 0 aliphatic carbocycles. The molecular formula is C21H23N7O3. The molecule has 2 aliphatic rings. The standard InChI is InChI=1S/C21H23N7O3/c1-3-22-20-23-11-16-18(24-20)27-9-5-8-15(27)12-28(19(16)29)14-7-4-6-13(10-14)17-25-31-21(30)26(17)2/h4,6-7,10-11,15H,3,5,8-9,12H2,1-2H3,(H,22,23,24)/t15-/m0/s1. The maximum absolute atomic E-state index is 13.6. The van der Waals surface area contributed by atoms with Crippen LogP contribution in [0.2, 0.25) is 0 Å². The maximum Gasteiger partial charge on any atom is 0.441 e. The van der Waals surface area contributed by atoms with E-state index in [0.29, 0.717) is 41.8 Å². The second-order valence-corrected chi connectivity index (χ2v) is 7.75. The van der Waals surface area contributed by atoms with Gasteiger partial charge in [0.1, 0.15) is 11.4 Å². The van der Waals surface area contributed by atoms with Crippen molar-refractivity contribution in [2.24, 2.45) is 7.05 Å². The fourth-order valence-electron chi connectivity index (χ4n) is 4.30. The lowest BCUT2D eigenvalue weighted by Gasteiger charge is -2.27. The molecule has 3 aromatic rings. The molecule has 2 aliphatic heterocycles. The van der Waals surface area contributed by atoms with Crippen LogP contribution in [0.3, 0.4) is 0 Å². The minimum absolute atomic E-state index is 0.140. The molecule has 10 heteroatoms. The molecule has 1 saturated heterocycles. The number of carbonyl (C=O) groups is 1. The highest BCUT2D eigenvalue weighted by Crippen LogP contribution is 2.34. The Morgan fingerprint density at radius 2 is 2.16 bits per heavy atom. The van der Waals surface area contributed by atoms with E-state index in [1.165, 1.54) is 4.57 Å². The monoisotopic (exact) mass is 421 g/mol. The van der Waals surface area contributed by atoms with Crippen LogP contribution in [0, 0.1) is 0 Å². The molecule has 0 bridgehead atoms. The number of fused-ring (bicyclic) bond motifs is 3. The summed E-state index contributed by atoms with van der Waals surface area (Å²) in [4.78, 5) is 38.2. The van der Waals surface area contributed by atoms with Crippen molar-refractivity contribution in [3.05, 3.63) is 46.6 Å². The number of rotatable bonds is 4. The lowest BCUT2D eigenvalue weighted by molar-refractivity contribution is 0.0988. The van der Waals surface area contributed by atoms with Gasteiger partial charge in [0.05, 0.1) is 0 Å². The molecule has 0 saturated carbocycles. The van der Waals surface area contributed by atoms with Crippen molar-refractivity contribution < 1.29 is 9.32 Å². The van der Waals surface area contributed by atoms with E-state index in [-0.39, 0.29) is 11.9 Å². The Morgan fingerprint density at radius 1 is 1.29 bits per heavy atom. The number of amides is 1. The highest BCUT2D eigenvalue weighted by atomic mass is 16.5. The minimum Gasteiger partial charge on any atom is -0.354 e. The van der Waals surface area contributed by atoms with Gasteiger partial charge in [-0.2, -0.15) is 4.98 Å². The zero-order chi connectivity index (χ0) is 21.5. The fourth-order valence-corrected chi connectivity index (χ4v) is 4.30. The van der Waals surface area contributed by atoms with Gasteiger partial charge in [0.25, 0.3) is 5.91 Å². The molecule has 160 valence electrons. The normalized spacial score (nSPS) is 18.0. The van der Waals surface area contributed by atoms with E-state index in [9.17, 15) is 9.59 Å². The number of carbonyl (C=O) groups excluding carboxylic acids is 1. The Labute approximate surface area is 178 Å². The first-order valence-electron chi connectivity index (χ1n) is 10.4. The van der Waals surface area contributed by atoms with E-state index in [1.54, 1.807) is 18.1 Å². The molecule has 4 heterocycles. The first-order chi connectivity index (χ1) is 15.1. The summed E-state index contributed by atoms with van der Waals surface area (Å²) >= 11 is 0. The van der Waals surface area contributed by atoms with Gasteiger partial charge in [-0.25, -0.2) is 9.78 Å². The van der Waals surface area contributed by atoms with Crippen molar-refractivity contribution in [2.45, 2.75) is 25.8 Å². The summed E-state index contributed by atoms with van der Waals surface area (Å²) in [7, 11) is 1.60. The highest BCUT2D eigenvalue weighted by molar-refractivity contribution is 6.10. The zero-order valence-electron chi connectivity index (χ0n) is 17.4. The second kappa shape index (κ2) is 7.53. The van der Waals surface area contributed by atoms with Gasteiger partial charge in [0.15, 0.2) is 5.82 Å². The van der Waals surface area contributed by atoms with Gasteiger partial charge < -0.3 is 15.1 Å². The molecule has 0 unspecified atom stereocenters. The third-order valence-electron chi connectivity index (χ3n) is 5.84. The van der Waals surface area contributed by atoms with Crippen molar-refractivity contribution in [2.75, 3.05) is 34.8 Å². The van der Waals surface area contributed by atoms with E-state index in [0.717, 1.165) is 25.1 Å². The first-order valence-corrected chi connectivity index (χ1v) is 10.4. The number of anilines is 3. The molecular weight excluding hydrogens is 398 g/mol. The molecule has 2 aromatic heterocycles. The summed E-state index contributed by atoms with van der Waals surface area (Å²) in [6.07, 6.45) is 3.65. The van der Waals surface area contributed by atoms with Gasteiger partial charge in [-0.3, -0.25) is 13.9 Å². The molecule has 0 radical (unpaired) electrons. The summed E-state index contributed by atoms with van der Waals surface area (Å²) in [5, 5.41) is 6.99. The predicted molar refractivity (Wildman–Crippen MR) is 115 cm³/mol. The summed E-state index contributed by atoms with van der Waals surface area (Å²) in [5.74, 6) is 0.961. The molecule has 10 nitrogen and oxygen atoms in total. The lowest BCUT2D eigenvalue weighted by Crippen LogP contribution is -2.39. The van der Waals surface area contributed by atoms with Crippen LogP contribution in [-0.4, -0.2) is 51.3 Å². The van der Waals surface area contributed by atoms with Gasteiger partial charge in [0, 0.05) is 50.2 Å². The van der Waals surface area contributed by atoms with Crippen LogP contribution in [0.1, 0.15) is 30.1 Å². The molecule has 1 atom stereocenters. The molecule has 1 amide bonds. The van der Waals surface area contributed by atoms with Gasteiger partial charge in [-0.05, 0) is 31.9 Å². The van der Waals surface area contributed by atoms with Crippen LogP contribution in [0.4, 0.5) is 17.5 Å². The quantitative estimate of drug-likeness (QED) is 0.680. The van der Waals surface area contributed by atoms with Gasteiger partial charge in [-0.1, -0.05) is 17.3 Å². The largest absolute Gasteiger partial charge is 0.441 e. The van der Waals surface area contributed by atoms with Gasteiger partial charge in [0.2, 0.25) is 5.95 Å². The van der Waals surface area contributed by atoms with Crippen molar-refractivity contribution in [3.8, 4) is 11.4 Å². The Morgan fingerprint density at radius 3 is 2.94 bits per heavy atom. The number of aromatic nitrogens is 4. The molecule has 31 heavy (non-hydrogen) atoms. The highest BCUT2D eigenvalue weighted by Gasteiger charge is 2.37. The Hall–Kier alpha value is -3.69. The summed E-state index contributed by atoms with van der Waals surface area (Å²) in [6, 6.07) is 7.60. The summed E-state index contributed by atoms with van der Waals surface area (Å²) < 4.78 is 6.10. The first kappa shape index (κ1) is 19.3. The predicted octanol–water partition coefficient (Wildman–Crippen LogP) is 1.89. The minimum atomic E-state index is -0.532. The van der Waals surface area contributed by atoms with E-state index < -0.39 is 5.76 Å². The fraction of sp³-hybridized carbons (Fsp3) is 0.381. The van der Waals surface area contributed by atoms with Gasteiger partial charge >= 0.3 is 5.76 Å². The third kappa shape index (κ3) is 3.24. The van der Waals surface area contributed by atoms with Crippen LogP contribution in [0.15, 0.2) is 39.8 Å². The lowest BCUT2D eigenvalue weighted by atomic mass is 10.1. The molecule has 5 rings (SSSR count). The average Bonchev–Trinajstić information content (AvgIpc) is 3.35. The van der Waals surface area contributed by atoms with Crippen LogP contribution in [0.25, 0.3) is 11.4 Å². The summed E-state index contributed by atoms with van der Waals surface area (Å²) in [6.45, 7) is 4.10. The third-order valence-corrected chi connectivity index (χ3v) is 5.84. The number of nitrogens with one attached hydrogen (secondary N) is 1. The van der Waals surface area contributed by atoms with E-state index in [4.69, 9.17) is 4.52 Å². The average molecular weight is 421 g/mol. The Bertz CT molecular complexity index is 1200. The van der Waals surface area contributed by atoms with Crippen LogP contribution >= 0.6 is 0 Å². The number of nitrogens with zero attached hydrogens (tertiary/aromatic N) is 6. The van der Waals surface area contributed by atoms with Crippen molar-refractivity contribution in [1.29, 1.82) is 0 Å². The maximum atomic E-state index is 13.6. The van der Waals surface area contributed by atoms with E-state index in [1.807, 2.05) is 31.2 Å². The second-order valence-electron chi connectivity index (χ2n) is 7.75. The van der Waals surface area contributed by atoms with Crippen molar-refractivity contribution >= 4 is 23.4 Å².